The summed E-state index contributed by atoms with van der Waals surface area (Å²) in [6, 6.07) is 5.63. The van der Waals surface area contributed by atoms with Gasteiger partial charge in [0.1, 0.15) is 5.58 Å². The molecule has 0 spiro atoms. The van der Waals surface area contributed by atoms with Crippen LogP contribution >= 0.6 is 23.6 Å². The number of aromatic hydroxyl groups is 1. The van der Waals surface area contributed by atoms with Crippen molar-refractivity contribution >= 4 is 34.5 Å². The number of aryl methyl sites for hydroxylation is 1. The van der Waals surface area contributed by atoms with Gasteiger partial charge in [-0.2, -0.15) is 0 Å². The maximum atomic E-state index is 12.5. The maximum absolute atomic E-state index is 12.5. The Labute approximate surface area is 129 Å². The lowest BCUT2D eigenvalue weighted by atomic mass is 10.1. The molecule has 0 fully saturated rings. The molecule has 21 heavy (non-hydrogen) atoms. The van der Waals surface area contributed by atoms with Gasteiger partial charge in [-0.1, -0.05) is 13.0 Å². The highest BCUT2D eigenvalue weighted by atomic mass is 32.1. The molecule has 0 bridgehead atoms. The monoisotopic (exact) mass is 319 g/mol. The fourth-order valence-corrected chi connectivity index (χ4v) is 3.35. The van der Waals surface area contributed by atoms with Crippen molar-refractivity contribution in [2.45, 2.75) is 19.8 Å². The van der Waals surface area contributed by atoms with Crippen LogP contribution in [0.5, 0.6) is 5.88 Å². The SMILES string of the molecule is CCc1ccc2occ(Cc3sc(=S)[nH]c3O)c(=O)c2c1. The normalized spacial score (nSPS) is 11.1. The molecule has 4 nitrogen and oxygen atoms in total. The van der Waals surface area contributed by atoms with E-state index in [4.69, 9.17) is 16.6 Å². The number of thiazole rings is 1. The van der Waals surface area contributed by atoms with Gasteiger partial charge in [-0.3, -0.25) is 4.79 Å². The van der Waals surface area contributed by atoms with Crippen molar-refractivity contribution in [3.63, 3.8) is 0 Å². The quantitative estimate of drug-likeness (QED) is 0.721. The van der Waals surface area contributed by atoms with Crippen LogP contribution in [0.2, 0.25) is 0 Å². The summed E-state index contributed by atoms with van der Waals surface area (Å²) >= 11 is 6.24. The van der Waals surface area contributed by atoms with Gasteiger partial charge in [-0.05, 0) is 36.3 Å². The highest BCUT2D eigenvalue weighted by molar-refractivity contribution is 7.73. The molecule has 0 saturated heterocycles. The first-order valence-corrected chi connectivity index (χ1v) is 7.75. The molecule has 0 radical (unpaired) electrons. The van der Waals surface area contributed by atoms with Crippen LogP contribution in [0.1, 0.15) is 22.9 Å². The van der Waals surface area contributed by atoms with Crippen LogP contribution in [-0.4, -0.2) is 10.1 Å². The second-order valence-corrected chi connectivity index (χ2v) is 6.51. The maximum Gasteiger partial charge on any atom is 0.203 e. The van der Waals surface area contributed by atoms with Crippen molar-refractivity contribution in [1.82, 2.24) is 4.98 Å². The van der Waals surface area contributed by atoms with Crippen molar-refractivity contribution < 1.29 is 9.52 Å². The van der Waals surface area contributed by atoms with E-state index in [9.17, 15) is 9.90 Å². The van der Waals surface area contributed by atoms with Crippen LogP contribution in [0.4, 0.5) is 0 Å². The summed E-state index contributed by atoms with van der Waals surface area (Å²) in [6.45, 7) is 2.04. The van der Waals surface area contributed by atoms with Gasteiger partial charge >= 0.3 is 0 Å². The fraction of sp³-hybridized carbons (Fsp3) is 0.200. The number of hydrogen-bond donors (Lipinski definition) is 2. The van der Waals surface area contributed by atoms with Crippen molar-refractivity contribution in [3.05, 3.63) is 54.6 Å². The highest BCUT2D eigenvalue weighted by Crippen LogP contribution is 2.24. The first-order chi connectivity index (χ1) is 10.1. The van der Waals surface area contributed by atoms with Crippen molar-refractivity contribution in [3.8, 4) is 5.88 Å². The number of rotatable bonds is 3. The van der Waals surface area contributed by atoms with E-state index in [0.29, 0.717) is 31.8 Å². The van der Waals surface area contributed by atoms with Gasteiger partial charge in [-0.25, -0.2) is 0 Å². The van der Waals surface area contributed by atoms with Crippen LogP contribution in [0, 0.1) is 3.95 Å². The lowest BCUT2D eigenvalue weighted by Gasteiger charge is -2.03. The first kappa shape index (κ1) is 14.0. The Hall–Kier alpha value is -1.92. The van der Waals surface area contributed by atoms with Crippen LogP contribution in [-0.2, 0) is 12.8 Å². The zero-order valence-electron chi connectivity index (χ0n) is 11.3. The van der Waals surface area contributed by atoms with Gasteiger partial charge in [0.2, 0.25) is 5.88 Å². The minimum Gasteiger partial charge on any atom is -0.494 e. The molecule has 108 valence electrons. The molecular formula is C15H13NO3S2. The zero-order valence-corrected chi connectivity index (χ0v) is 12.9. The van der Waals surface area contributed by atoms with Crippen LogP contribution < -0.4 is 5.43 Å². The van der Waals surface area contributed by atoms with Gasteiger partial charge in [-0.15, -0.1) is 11.3 Å². The smallest absolute Gasteiger partial charge is 0.203 e. The molecular weight excluding hydrogens is 306 g/mol. The standard InChI is InChI=1S/C15H13NO3S2/c1-2-8-3-4-11-10(5-8)13(17)9(7-19-11)6-12-14(18)16-15(20)21-12/h3-5,7,18H,2,6H2,1H3,(H,16,20). The summed E-state index contributed by atoms with van der Waals surface area (Å²) in [6.07, 6.45) is 2.62. The molecule has 0 atom stereocenters. The lowest BCUT2D eigenvalue weighted by Crippen LogP contribution is -2.09. The van der Waals surface area contributed by atoms with Gasteiger partial charge in [0.25, 0.3) is 0 Å². The predicted octanol–water partition coefficient (Wildman–Crippen LogP) is 3.77. The molecule has 0 aliphatic rings. The minimum atomic E-state index is -0.0646. The summed E-state index contributed by atoms with van der Waals surface area (Å²) in [5.74, 6) is 0.0202. The highest BCUT2D eigenvalue weighted by Gasteiger charge is 2.12. The summed E-state index contributed by atoms with van der Waals surface area (Å²) in [7, 11) is 0. The van der Waals surface area contributed by atoms with E-state index < -0.39 is 0 Å². The first-order valence-electron chi connectivity index (χ1n) is 6.52. The molecule has 0 saturated carbocycles. The number of H-pyrrole nitrogens is 1. The summed E-state index contributed by atoms with van der Waals surface area (Å²) in [5.41, 5.74) is 2.11. The van der Waals surface area contributed by atoms with E-state index >= 15 is 0 Å². The third kappa shape index (κ3) is 2.64. The molecule has 0 aliphatic heterocycles. The number of aromatic amines is 1. The summed E-state index contributed by atoms with van der Waals surface area (Å²) < 4.78 is 6.02. The Kier molecular flexibility index (Phi) is 3.65. The number of nitrogens with one attached hydrogen (secondary N) is 1. The third-order valence-electron chi connectivity index (χ3n) is 3.37. The molecule has 2 N–H and O–H groups in total. The van der Waals surface area contributed by atoms with Crippen molar-refractivity contribution in [1.29, 1.82) is 0 Å². The Bertz CT molecular complexity index is 921. The van der Waals surface area contributed by atoms with Gasteiger partial charge < -0.3 is 14.5 Å². The number of benzene rings is 1. The minimum absolute atomic E-state index is 0.0202. The van der Waals surface area contributed by atoms with Crippen LogP contribution in [0.3, 0.4) is 0 Å². The van der Waals surface area contributed by atoms with Crippen LogP contribution in [0.25, 0.3) is 11.0 Å². The zero-order chi connectivity index (χ0) is 15.0. The number of fused-ring (bicyclic) bond motifs is 1. The average molecular weight is 319 g/mol. The molecule has 0 unspecified atom stereocenters. The van der Waals surface area contributed by atoms with E-state index in [0.717, 1.165) is 12.0 Å². The molecule has 1 aromatic carbocycles. The predicted molar refractivity (Wildman–Crippen MR) is 85.8 cm³/mol. The van der Waals surface area contributed by atoms with E-state index in [2.05, 4.69) is 4.98 Å². The average Bonchev–Trinajstić information content (AvgIpc) is 2.79. The van der Waals surface area contributed by atoms with E-state index in [1.807, 2.05) is 25.1 Å². The van der Waals surface area contributed by atoms with E-state index in [1.54, 1.807) is 0 Å². The molecule has 2 aromatic heterocycles. The molecule has 2 heterocycles. The van der Waals surface area contributed by atoms with Gasteiger partial charge in [0.15, 0.2) is 9.38 Å². The summed E-state index contributed by atoms with van der Waals surface area (Å²) in [4.78, 5) is 15.8. The fourth-order valence-electron chi connectivity index (χ4n) is 2.21. The van der Waals surface area contributed by atoms with E-state index in [-0.39, 0.29) is 11.3 Å². The molecule has 6 heteroatoms. The Balaban J connectivity index is 2.11. The molecule has 0 amide bonds. The molecule has 0 aliphatic carbocycles. The van der Waals surface area contributed by atoms with Crippen molar-refractivity contribution in [2.75, 3.05) is 0 Å². The summed E-state index contributed by atoms with van der Waals surface area (Å²) in [5, 5.41) is 10.3. The van der Waals surface area contributed by atoms with Crippen molar-refractivity contribution in [2.24, 2.45) is 0 Å². The van der Waals surface area contributed by atoms with Gasteiger partial charge in [0.05, 0.1) is 16.5 Å². The lowest BCUT2D eigenvalue weighted by molar-refractivity contribution is 0.451. The Morgan fingerprint density at radius 2 is 2.24 bits per heavy atom. The topological polar surface area (TPSA) is 66.2 Å². The largest absolute Gasteiger partial charge is 0.494 e. The second-order valence-electron chi connectivity index (χ2n) is 4.74. The van der Waals surface area contributed by atoms with E-state index in [1.165, 1.54) is 17.6 Å². The number of hydrogen-bond acceptors (Lipinski definition) is 5. The Morgan fingerprint density at radius 3 is 2.90 bits per heavy atom. The number of aromatic nitrogens is 1. The van der Waals surface area contributed by atoms with Gasteiger partial charge in [0, 0.05) is 12.0 Å². The molecule has 3 rings (SSSR count). The third-order valence-corrected chi connectivity index (χ3v) is 4.59. The Morgan fingerprint density at radius 1 is 1.43 bits per heavy atom. The molecule has 3 aromatic rings. The second kappa shape index (κ2) is 5.46. The van der Waals surface area contributed by atoms with Crippen LogP contribution in [0.15, 0.2) is 33.7 Å².